The second-order valence-corrected chi connectivity index (χ2v) is 4.81. The predicted octanol–water partition coefficient (Wildman–Crippen LogP) is 2.36. The van der Waals surface area contributed by atoms with Gasteiger partial charge in [0, 0.05) is 36.8 Å². The molecular formula is C13H17ClN2O. The van der Waals surface area contributed by atoms with Gasteiger partial charge in [0.2, 0.25) is 5.91 Å². The highest BCUT2D eigenvalue weighted by Crippen LogP contribution is 2.24. The summed E-state index contributed by atoms with van der Waals surface area (Å²) >= 11 is 5.96. The van der Waals surface area contributed by atoms with Crippen molar-refractivity contribution in [2.24, 2.45) is 0 Å². The van der Waals surface area contributed by atoms with Crippen LogP contribution in [0.25, 0.3) is 0 Å². The summed E-state index contributed by atoms with van der Waals surface area (Å²) in [5.41, 5.74) is 2.40. The number of nitrogens with zero attached hydrogens (tertiary/aromatic N) is 1. The topological polar surface area (TPSA) is 32.3 Å². The molecule has 0 aliphatic carbocycles. The zero-order valence-electron chi connectivity index (χ0n) is 10.0. The molecule has 0 bridgehead atoms. The largest absolute Gasteiger partial charge is 0.370 e. The fraction of sp³-hybridized carbons (Fsp3) is 0.462. The van der Waals surface area contributed by atoms with Gasteiger partial charge in [-0.2, -0.15) is 0 Å². The van der Waals surface area contributed by atoms with Gasteiger partial charge < -0.3 is 10.2 Å². The van der Waals surface area contributed by atoms with E-state index in [0.29, 0.717) is 13.0 Å². The van der Waals surface area contributed by atoms with Crippen molar-refractivity contribution < 1.29 is 4.79 Å². The van der Waals surface area contributed by atoms with Crippen molar-refractivity contribution >= 4 is 23.2 Å². The van der Waals surface area contributed by atoms with E-state index in [1.54, 1.807) is 0 Å². The fourth-order valence-electron chi connectivity index (χ4n) is 2.18. The first kappa shape index (κ1) is 12.2. The van der Waals surface area contributed by atoms with Crippen LogP contribution >= 0.6 is 11.6 Å². The number of rotatable bonds is 1. The lowest BCUT2D eigenvalue weighted by Gasteiger charge is -2.28. The molecule has 0 atom stereocenters. The molecule has 4 heteroatoms. The Morgan fingerprint density at radius 1 is 1.35 bits per heavy atom. The Kier molecular flexibility index (Phi) is 3.89. The minimum atomic E-state index is 0.164. The smallest absolute Gasteiger partial charge is 0.220 e. The maximum atomic E-state index is 11.2. The average molecular weight is 253 g/mol. The van der Waals surface area contributed by atoms with Crippen LogP contribution in [-0.2, 0) is 4.79 Å². The van der Waals surface area contributed by atoms with Crippen LogP contribution in [0.15, 0.2) is 18.2 Å². The summed E-state index contributed by atoms with van der Waals surface area (Å²) in [4.78, 5) is 13.6. The van der Waals surface area contributed by atoms with Crippen LogP contribution in [0.2, 0.25) is 5.02 Å². The second-order valence-electron chi connectivity index (χ2n) is 4.37. The molecule has 0 saturated carbocycles. The second kappa shape index (κ2) is 5.41. The van der Waals surface area contributed by atoms with E-state index in [1.165, 1.54) is 11.3 Å². The third-order valence-corrected chi connectivity index (χ3v) is 3.27. The molecule has 0 spiro atoms. The number of carbonyl (C=O) groups excluding carboxylic acids is 1. The van der Waals surface area contributed by atoms with Crippen LogP contribution in [-0.4, -0.2) is 25.5 Å². The van der Waals surface area contributed by atoms with E-state index < -0.39 is 0 Å². The maximum Gasteiger partial charge on any atom is 0.220 e. The molecule has 1 aromatic rings. The van der Waals surface area contributed by atoms with Gasteiger partial charge in [0.05, 0.1) is 0 Å². The molecule has 92 valence electrons. The normalized spacial score (nSPS) is 17.3. The molecule has 1 heterocycles. The van der Waals surface area contributed by atoms with Crippen LogP contribution in [0.1, 0.15) is 18.4 Å². The first-order valence-corrected chi connectivity index (χ1v) is 6.32. The van der Waals surface area contributed by atoms with Crippen LogP contribution in [0.3, 0.4) is 0 Å². The predicted molar refractivity (Wildman–Crippen MR) is 70.6 cm³/mol. The third-order valence-electron chi connectivity index (χ3n) is 3.04. The highest BCUT2D eigenvalue weighted by molar-refractivity contribution is 6.30. The molecule has 1 aromatic carbocycles. The van der Waals surface area contributed by atoms with E-state index in [0.717, 1.165) is 24.5 Å². The van der Waals surface area contributed by atoms with E-state index in [9.17, 15) is 4.79 Å². The highest BCUT2D eigenvalue weighted by Gasteiger charge is 2.13. The van der Waals surface area contributed by atoms with Gasteiger partial charge in [0.15, 0.2) is 0 Å². The van der Waals surface area contributed by atoms with Gasteiger partial charge in [0.1, 0.15) is 0 Å². The molecule has 1 saturated heterocycles. The van der Waals surface area contributed by atoms with Crippen molar-refractivity contribution in [3.8, 4) is 0 Å². The molecule has 3 nitrogen and oxygen atoms in total. The monoisotopic (exact) mass is 252 g/mol. The summed E-state index contributed by atoms with van der Waals surface area (Å²) in [5.74, 6) is 0.164. The van der Waals surface area contributed by atoms with Crippen LogP contribution < -0.4 is 10.2 Å². The lowest BCUT2D eigenvalue weighted by molar-refractivity contribution is -0.121. The Balaban J connectivity index is 2.12. The molecule has 0 radical (unpaired) electrons. The number of amides is 1. The number of hydrogen-bond acceptors (Lipinski definition) is 2. The first-order valence-electron chi connectivity index (χ1n) is 5.94. The summed E-state index contributed by atoms with van der Waals surface area (Å²) in [5, 5.41) is 3.68. The van der Waals surface area contributed by atoms with E-state index in [1.807, 2.05) is 12.1 Å². The Morgan fingerprint density at radius 3 is 2.94 bits per heavy atom. The Morgan fingerprint density at radius 2 is 2.18 bits per heavy atom. The highest BCUT2D eigenvalue weighted by atomic mass is 35.5. The van der Waals surface area contributed by atoms with Crippen molar-refractivity contribution in [1.29, 1.82) is 0 Å². The lowest BCUT2D eigenvalue weighted by Crippen LogP contribution is -2.39. The van der Waals surface area contributed by atoms with Crippen molar-refractivity contribution in [3.63, 3.8) is 0 Å². The minimum absolute atomic E-state index is 0.164. The molecule has 1 amide bonds. The van der Waals surface area contributed by atoms with Gasteiger partial charge in [-0.15, -0.1) is 0 Å². The number of carbonyl (C=O) groups is 1. The number of anilines is 1. The maximum absolute atomic E-state index is 11.2. The summed E-state index contributed by atoms with van der Waals surface area (Å²) < 4.78 is 0. The number of hydrogen-bond donors (Lipinski definition) is 1. The molecule has 1 aliphatic heterocycles. The molecule has 1 fully saturated rings. The zero-order valence-corrected chi connectivity index (χ0v) is 10.8. The molecule has 1 N–H and O–H groups in total. The van der Waals surface area contributed by atoms with E-state index in [-0.39, 0.29) is 5.91 Å². The van der Waals surface area contributed by atoms with E-state index >= 15 is 0 Å². The molecule has 2 rings (SSSR count). The quantitative estimate of drug-likeness (QED) is 0.832. The fourth-order valence-corrected chi connectivity index (χ4v) is 2.40. The number of nitrogens with one attached hydrogen (secondary N) is 1. The van der Waals surface area contributed by atoms with Gasteiger partial charge in [-0.25, -0.2) is 0 Å². The third kappa shape index (κ3) is 3.13. The summed E-state index contributed by atoms with van der Waals surface area (Å²) in [6.45, 7) is 4.56. The molecule has 0 aromatic heterocycles. The van der Waals surface area contributed by atoms with Crippen molar-refractivity contribution in [3.05, 3.63) is 28.8 Å². The van der Waals surface area contributed by atoms with Gasteiger partial charge in [0.25, 0.3) is 0 Å². The van der Waals surface area contributed by atoms with Gasteiger partial charge in [-0.3, -0.25) is 4.79 Å². The minimum Gasteiger partial charge on any atom is -0.370 e. The number of aryl methyl sites for hydroxylation is 1. The van der Waals surface area contributed by atoms with Gasteiger partial charge in [-0.1, -0.05) is 11.6 Å². The number of benzene rings is 1. The number of halogens is 1. The lowest BCUT2D eigenvalue weighted by atomic mass is 10.1. The van der Waals surface area contributed by atoms with Crippen molar-refractivity contribution in [2.75, 3.05) is 24.5 Å². The first-order chi connectivity index (χ1) is 8.16. The Labute approximate surface area is 107 Å². The van der Waals surface area contributed by atoms with Gasteiger partial charge in [-0.05, 0) is 37.1 Å². The van der Waals surface area contributed by atoms with Crippen molar-refractivity contribution in [1.82, 2.24) is 5.32 Å². The molecular weight excluding hydrogens is 236 g/mol. The Hall–Kier alpha value is -1.22. The van der Waals surface area contributed by atoms with Gasteiger partial charge >= 0.3 is 0 Å². The van der Waals surface area contributed by atoms with Crippen LogP contribution in [0.4, 0.5) is 5.69 Å². The average Bonchev–Trinajstić information content (AvgIpc) is 2.24. The molecule has 17 heavy (non-hydrogen) atoms. The van der Waals surface area contributed by atoms with Crippen molar-refractivity contribution in [2.45, 2.75) is 19.8 Å². The summed E-state index contributed by atoms with van der Waals surface area (Å²) in [7, 11) is 0. The Bertz CT molecular complexity index is 408. The summed E-state index contributed by atoms with van der Waals surface area (Å²) in [6, 6.07) is 5.95. The van der Waals surface area contributed by atoms with Crippen LogP contribution in [0, 0.1) is 6.92 Å². The summed E-state index contributed by atoms with van der Waals surface area (Å²) in [6.07, 6.45) is 1.51. The van der Waals surface area contributed by atoms with E-state index in [4.69, 9.17) is 11.6 Å². The zero-order chi connectivity index (χ0) is 12.3. The molecule has 0 unspecified atom stereocenters. The SMILES string of the molecule is Cc1cc(Cl)ccc1N1CCCC(=O)NCC1. The molecule has 1 aliphatic rings. The van der Waals surface area contributed by atoms with Crippen LogP contribution in [0.5, 0.6) is 0 Å². The van der Waals surface area contributed by atoms with E-state index in [2.05, 4.69) is 23.2 Å². The standard InChI is InChI=1S/C13H17ClN2O/c1-10-9-11(14)4-5-12(10)16-7-2-3-13(17)15-6-8-16/h4-5,9H,2-3,6-8H2,1H3,(H,15,17).